The molecule has 14 heavy (non-hydrogen) atoms. The van der Waals surface area contributed by atoms with E-state index in [2.05, 4.69) is 12.6 Å². The molecule has 0 heterocycles. The molecule has 0 saturated carbocycles. The van der Waals surface area contributed by atoms with Crippen molar-refractivity contribution in [1.29, 1.82) is 0 Å². The fraction of sp³-hybridized carbons (Fsp3) is 0.364. The van der Waals surface area contributed by atoms with Gasteiger partial charge in [-0.25, -0.2) is 4.79 Å². The minimum atomic E-state index is -0.253. The molecule has 0 unspecified atom stereocenters. The maximum absolute atomic E-state index is 11.5. The van der Waals surface area contributed by atoms with Gasteiger partial charge in [-0.1, -0.05) is 25.1 Å². The summed E-state index contributed by atoms with van der Waals surface area (Å²) in [4.78, 5) is 11.5. The van der Waals surface area contributed by atoms with Gasteiger partial charge in [-0.3, -0.25) is 0 Å². The highest BCUT2D eigenvalue weighted by molar-refractivity contribution is 7.79. The molecule has 0 aliphatic carbocycles. The minimum Gasteiger partial charge on any atom is -0.462 e. The summed E-state index contributed by atoms with van der Waals surface area (Å²) in [5, 5.41) is 0. The van der Waals surface area contributed by atoms with Crippen LogP contribution < -0.4 is 0 Å². The Kier molecular flexibility index (Phi) is 4.53. The molecule has 0 bridgehead atoms. The largest absolute Gasteiger partial charge is 0.462 e. The Hall–Kier alpha value is -0.960. The summed E-state index contributed by atoms with van der Waals surface area (Å²) >= 11 is 4.16. The van der Waals surface area contributed by atoms with Gasteiger partial charge >= 0.3 is 5.97 Å². The monoisotopic (exact) mass is 210 g/mol. The van der Waals surface area contributed by atoms with Crippen LogP contribution in [0.3, 0.4) is 0 Å². The predicted octanol–water partition coefficient (Wildman–Crippen LogP) is 2.68. The summed E-state index contributed by atoms with van der Waals surface area (Å²) in [5.41, 5.74) is 1.54. The van der Waals surface area contributed by atoms with Crippen LogP contribution in [0.1, 0.15) is 29.3 Å². The molecule has 0 radical (unpaired) electrons. The molecule has 0 aromatic heterocycles. The summed E-state index contributed by atoms with van der Waals surface area (Å²) in [6.45, 7) is 2.44. The summed E-state index contributed by atoms with van der Waals surface area (Å²) in [6.07, 6.45) is 0.842. The molecule has 1 aromatic rings. The van der Waals surface area contributed by atoms with E-state index in [-0.39, 0.29) is 5.97 Å². The quantitative estimate of drug-likeness (QED) is 0.611. The first-order chi connectivity index (χ1) is 6.79. The summed E-state index contributed by atoms with van der Waals surface area (Å²) in [5.74, 6) is 0.300. The fourth-order valence-corrected chi connectivity index (χ4v) is 1.41. The molecule has 1 aromatic carbocycles. The number of hydrogen-bond acceptors (Lipinski definition) is 3. The Labute approximate surface area is 89.7 Å². The van der Waals surface area contributed by atoms with Crippen LogP contribution in [0.2, 0.25) is 0 Å². The second-order valence-corrected chi connectivity index (χ2v) is 3.27. The number of rotatable bonds is 4. The van der Waals surface area contributed by atoms with Crippen molar-refractivity contribution in [3.8, 4) is 0 Å². The van der Waals surface area contributed by atoms with Gasteiger partial charge < -0.3 is 4.74 Å². The summed E-state index contributed by atoms with van der Waals surface area (Å²) in [6, 6.07) is 7.37. The molecule has 0 aliphatic heterocycles. The van der Waals surface area contributed by atoms with E-state index in [1.807, 2.05) is 25.1 Å². The smallest absolute Gasteiger partial charge is 0.338 e. The molecule has 0 fully saturated rings. The van der Waals surface area contributed by atoms with Crippen molar-refractivity contribution in [2.45, 2.75) is 19.1 Å². The number of carbonyl (C=O) groups excluding carboxylic acids is 1. The van der Waals surface area contributed by atoms with Crippen LogP contribution in [0.25, 0.3) is 0 Å². The molecule has 0 aliphatic rings. The second-order valence-electron chi connectivity index (χ2n) is 2.95. The lowest BCUT2D eigenvalue weighted by Crippen LogP contribution is -2.08. The molecule has 76 valence electrons. The lowest BCUT2D eigenvalue weighted by Gasteiger charge is -2.06. The van der Waals surface area contributed by atoms with Gasteiger partial charge in [0.05, 0.1) is 12.2 Å². The van der Waals surface area contributed by atoms with Crippen LogP contribution in [0, 0.1) is 0 Å². The molecular formula is C11H14O2S. The maximum Gasteiger partial charge on any atom is 0.338 e. The van der Waals surface area contributed by atoms with Crippen molar-refractivity contribution < 1.29 is 9.53 Å². The van der Waals surface area contributed by atoms with E-state index in [0.29, 0.717) is 17.9 Å². The highest BCUT2D eigenvalue weighted by Crippen LogP contribution is 2.12. The van der Waals surface area contributed by atoms with Gasteiger partial charge in [-0.2, -0.15) is 12.6 Å². The number of benzene rings is 1. The predicted molar refractivity (Wildman–Crippen MR) is 59.7 cm³/mol. The van der Waals surface area contributed by atoms with Gasteiger partial charge in [-0.15, -0.1) is 0 Å². The van der Waals surface area contributed by atoms with E-state index >= 15 is 0 Å². The Bertz CT molecular complexity index is 310. The van der Waals surface area contributed by atoms with Gasteiger partial charge in [0.2, 0.25) is 0 Å². The average molecular weight is 210 g/mol. The second kappa shape index (κ2) is 5.70. The van der Waals surface area contributed by atoms with E-state index in [0.717, 1.165) is 12.0 Å². The van der Waals surface area contributed by atoms with Crippen molar-refractivity contribution >= 4 is 18.6 Å². The molecule has 0 amide bonds. The lowest BCUT2D eigenvalue weighted by atomic mass is 10.1. The maximum atomic E-state index is 11.5. The van der Waals surface area contributed by atoms with E-state index in [4.69, 9.17) is 4.74 Å². The third-order valence-corrected chi connectivity index (χ3v) is 2.19. The van der Waals surface area contributed by atoms with Crippen molar-refractivity contribution in [2.24, 2.45) is 0 Å². The lowest BCUT2D eigenvalue weighted by molar-refractivity contribution is 0.0504. The first-order valence-corrected chi connectivity index (χ1v) is 5.28. The Morgan fingerprint density at radius 2 is 2.14 bits per heavy atom. The van der Waals surface area contributed by atoms with Gasteiger partial charge in [0.25, 0.3) is 0 Å². The molecule has 2 nitrogen and oxygen atoms in total. The zero-order valence-corrected chi connectivity index (χ0v) is 9.09. The van der Waals surface area contributed by atoms with Gasteiger partial charge in [0.15, 0.2) is 0 Å². The molecular weight excluding hydrogens is 196 g/mol. The SMILES string of the molecule is CCCOC(=O)c1ccccc1CS. The van der Waals surface area contributed by atoms with Crippen molar-refractivity contribution in [3.63, 3.8) is 0 Å². The zero-order valence-electron chi connectivity index (χ0n) is 8.19. The molecule has 0 spiro atoms. The van der Waals surface area contributed by atoms with E-state index < -0.39 is 0 Å². The molecule has 0 saturated heterocycles. The first kappa shape index (κ1) is 11.1. The standard InChI is InChI=1S/C11H14O2S/c1-2-7-13-11(12)10-6-4-3-5-9(10)8-14/h3-6,14H,2,7-8H2,1H3. The zero-order chi connectivity index (χ0) is 10.4. The highest BCUT2D eigenvalue weighted by atomic mass is 32.1. The molecule has 0 atom stereocenters. The van der Waals surface area contributed by atoms with Crippen molar-refractivity contribution in [3.05, 3.63) is 35.4 Å². The van der Waals surface area contributed by atoms with Gasteiger partial charge in [0, 0.05) is 5.75 Å². The number of carbonyl (C=O) groups is 1. The number of hydrogen-bond donors (Lipinski definition) is 1. The Balaban J connectivity index is 2.78. The third-order valence-electron chi connectivity index (χ3n) is 1.84. The summed E-state index contributed by atoms with van der Waals surface area (Å²) < 4.78 is 5.05. The van der Waals surface area contributed by atoms with Gasteiger partial charge in [0.1, 0.15) is 0 Å². The van der Waals surface area contributed by atoms with Crippen LogP contribution in [0.15, 0.2) is 24.3 Å². The third kappa shape index (κ3) is 2.77. The summed E-state index contributed by atoms with van der Waals surface area (Å²) in [7, 11) is 0. The van der Waals surface area contributed by atoms with E-state index in [1.165, 1.54) is 0 Å². The number of ether oxygens (including phenoxy) is 1. The topological polar surface area (TPSA) is 26.3 Å². The molecule has 3 heteroatoms. The first-order valence-electron chi connectivity index (χ1n) is 4.65. The average Bonchev–Trinajstić information content (AvgIpc) is 2.25. The molecule has 0 N–H and O–H groups in total. The van der Waals surface area contributed by atoms with Crippen LogP contribution in [-0.2, 0) is 10.5 Å². The van der Waals surface area contributed by atoms with Crippen LogP contribution in [0.4, 0.5) is 0 Å². The van der Waals surface area contributed by atoms with E-state index in [9.17, 15) is 4.79 Å². The van der Waals surface area contributed by atoms with E-state index in [1.54, 1.807) is 6.07 Å². The number of thiol groups is 1. The molecule has 1 rings (SSSR count). The highest BCUT2D eigenvalue weighted by Gasteiger charge is 2.10. The fourth-order valence-electron chi connectivity index (χ4n) is 1.13. The van der Waals surface area contributed by atoms with Crippen LogP contribution >= 0.6 is 12.6 Å². The minimum absolute atomic E-state index is 0.253. The normalized spacial score (nSPS) is 9.86. The van der Waals surface area contributed by atoms with Gasteiger partial charge in [-0.05, 0) is 18.1 Å². The van der Waals surface area contributed by atoms with Crippen LogP contribution in [-0.4, -0.2) is 12.6 Å². The Morgan fingerprint density at radius 1 is 1.43 bits per heavy atom. The Morgan fingerprint density at radius 3 is 2.79 bits per heavy atom. The van der Waals surface area contributed by atoms with Crippen molar-refractivity contribution in [1.82, 2.24) is 0 Å². The van der Waals surface area contributed by atoms with Crippen LogP contribution in [0.5, 0.6) is 0 Å². The number of esters is 1. The van der Waals surface area contributed by atoms with Crippen molar-refractivity contribution in [2.75, 3.05) is 6.61 Å².